The Balaban J connectivity index is 1.77. The van der Waals surface area contributed by atoms with Gasteiger partial charge in [0.05, 0.1) is 5.69 Å². The summed E-state index contributed by atoms with van der Waals surface area (Å²) in [4.78, 5) is 12.6. The maximum Gasteiger partial charge on any atom is 0.185 e. The molecule has 0 bridgehead atoms. The minimum Gasteiger partial charge on any atom is -0.347 e. The fourth-order valence-electron chi connectivity index (χ4n) is 2.31. The third-order valence-corrected chi connectivity index (χ3v) is 4.70. The third-order valence-electron chi connectivity index (χ3n) is 3.51. The zero-order valence-electron chi connectivity index (χ0n) is 12.0. The summed E-state index contributed by atoms with van der Waals surface area (Å²) >= 11 is 1.82. The van der Waals surface area contributed by atoms with Crippen LogP contribution in [0.3, 0.4) is 0 Å². The maximum absolute atomic E-state index is 4.88. The van der Waals surface area contributed by atoms with Crippen molar-refractivity contribution in [1.29, 1.82) is 0 Å². The van der Waals surface area contributed by atoms with Crippen LogP contribution in [-0.2, 0) is 13.1 Å². The van der Waals surface area contributed by atoms with Gasteiger partial charge in [-0.25, -0.2) is 4.98 Å². The van der Waals surface area contributed by atoms with Gasteiger partial charge in [-0.1, -0.05) is 0 Å². The van der Waals surface area contributed by atoms with Crippen LogP contribution in [0.4, 0.5) is 5.13 Å². The molecule has 0 unspecified atom stereocenters. The molecule has 1 aliphatic rings. The minimum absolute atomic E-state index is 0.706. The number of nitrogens with zero attached hydrogens (tertiary/aromatic N) is 3. The predicted molar refractivity (Wildman–Crippen MR) is 83.2 cm³/mol. The van der Waals surface area contributed by atoms with Crippen LogP contribution in [-0.4, -0.2) is 24.1 Å². The van der Waals surface area contributed by atoms with E-state index in [1.807, 2.05) is 30.8 Å². The lowest BCUT2D eigenvalue weighted by Crippen LogP contribution is -2.16. The van der Waals surface area contributed by atoms with Gasteiger partial charge in [-0.2, -0.15) is 0 Å². The number of anilines is 1. The standard InChI is InChI=1S/C15H20N4S/c1-16-9-13-14(12-3-4-12)18-15(20-13)19(2)10-11-5-7-17-8-6-11/h5-8,12,16H,3-4,9-10H2,1-2H3. The first-order chi connectivity index (χ1) is 9.78. The van der Waals surface area contributed by atoms with Crippen molar-refractivity contribution in [2.75, 3.05) is 19.0 Å². The van der Waals surface area contributed by atoms with E-state index in [0.717, 1.165) is 18.2 Å². The van der Waals surface area contributed by atoms with E-state index in [1.54, 1.807) is 0 Å². The molecule has 2 aromatic heterocycles. The number of hydrogen-bond donors (Lipinski definition) is 1. The van der Waals surface area contributed by atoms with Crippen LogP contribution >= 0.6 is 11.3 Å². The summed E-state index contributed by atoms with van der Waals surface area (Å²) in [5.41, 5.74) is 2.58. The number of pyridine rings is 1. The Hall–Kier alpha value is -1.46. The number of aromatic nitrogens is 2. The topological polar surface area (TPSA) is 41.0 Å². The Kier molecular flexibility index (Phi) is 3.98. The maximum atomic E-state index is 4.88. The van der Waals surface area contributed by atoms with Crippen molar-refractivity contribution in [2.45, 2.75) is 31.8 Å². The molecule has 0 radical (unpaired) electrons. The lowest BCUT2D eigenvalue weighted by Gasteiger charge is -2.15. The molecular weight excluding hydrogens is 268 g/mol. The summed E-state index contributed by atoms with van der Waals surface area (Å²) in [7, 11) is 4.11. The van der Waals surface area contributed by atoms with Gasteiger partial charge in [-0.3, -0.25) is 4.98 Å². The number of nitrogens with one attached hydrogen (secondary N) is 1. The third kappa shape index (κ3) is 2.99. The van der Waals surface area contributed by atoms with E-state index in [4.69, 9.17) is 4.98 Å². The summed E-state index contributed by atoms with van der Waals surface area (Å²) in [5.74, 6) is 0.706. The number of hydrogen-bond acceptors (Lipinski definition) is 5. The normalized spacial score (nSPS) is 14.5. The molecule has 1 saturated carbocycles. The lowest BCUT2D eigenvalue weighted by atomic mass is 10.2. The van der Waals surface area contributed by atoms with Crippen LogP contribution in [0, 0.1) is 0 Å². The van der Waals surface area contributed by atoms with Gasteiger partial charge in [-0.15, -0.1) is 11.3 Å². The van der Waals surface area contributed by atoms with Crippen molar-refractivity contribution in [2.24, 2.45) is 0 Å². The molecule has 0 saturated heterocycles. The zero-order chi connectivity index (χ0) is 13.9. The molecule has 5 heteroatoms. The molecular formula is C15H20N4S. The largest absolute Gasteiger partial charge is 0.347 e. The van der Waals surface area contributed by atoms with Crippen LogP contribution in [0.1, 0.15) is 34.9 Å². The highest BCUT2D eigenvalue weighted by Crippen LogP contribution is 2.44. The van der Waals surface area contributed by atoms with Gasteiger partial charge in [0.1, 0.15) is 0 Å². The SMILES string of the molecule is CNCc1sc(N(C)Cc2ccncc2)nc1C1CC1. The van der Waals surface area contributed by atoms with Crippen LogP contribution in [0.15, 0.2) is 24.5 Å². The Bertz CT molecular complexity index is 563. The fourth-order valence-corrected chi connectivity index (χ4v) is 3.42. The molecule has 1 aliphatic carbocycles. The second-order valence-corrected chi connectivity index (χ2v) is 6.38. The molecule has 2 heterocycles. The van der Waals surface area contributed by atoms with Gasteiger partial charge in [0.15, 0.2) is 5.13 Å². The van der Waals surface area contributed by atoms with E-state index in [0.29, 0.717) is 5.92 Å². The molecule has 0 spiro atoms. The van der Waals surface area contributed by atoms with Gasteiger partial charge < -0.3 is 10.2 Å². The second kappa shape index (κ2) is 5.89. The molecule has 0 aliphatic heterocycles. The average Bonchev–Trinajstić information content (AvgIpc) is 3.21. The fraction of sp³-hybridized carbons (Fsp3) is 0.467. The van der Waals surface area contributed by atoms with Gasteiger partial charge >= 0.3 is 0 Å². The van der Waals surface area contributed by atoms with E-state index < -0.39 is 0 Å². The molecule has 2 aromatic rings. The van der Waals surface area contributed by atoms with Crippen LogP contribution < -0.4 is 10.2 Å². The second-order valence-electron chi connectivity index (χ2n) is 5.32. The van der Waals surface area contributed by atoms with Crippen molar-refractivity contribution in [1.82, 2.24) is 15.3 Å². The first-order valence-corrected chi connectivity index (χ1v) is 7.84. The molecule has 1 N–H and O–H groups in total. The first kappa shape index (κ1) is 13.5. The highest BCUT2D eigenvalue weighted by atomic mass is 32.1. The van der Waals surface area contributed by atoms with Gasteiger partial charge in [-0.05, 0) is 37.6 Å². The number of thiazole rings is 1. The lowest BCUT2D eigenvalue weighted by molar-refractivity contribution is 0.811. The van der Waals surface area contributed by atoms with E-state index >= 15 is 0 Å². The smallest absolute Gasteiger partial charge is 0.185 e. The molecule has 0 amide bonds. The van der Waals surface area contributed by atoms with Crippen LogP contribution in [0.2, 0.25) is 0 Å². The van der Waals surface area contributed by atoms with Crippen molar-refractivity contribution < 1.29 is 0 Å². The quantitative estimate of drug-likeness (QED) is 0.887. The monoisotopic (exact) mass is 288 g/mol. The highest BCUT2D eigenvalue weighted by molar-refractivity contribution is 7.15. The Morgan fingerprint density at radius 1 is 1.35 bits per heavy atom. The van der Waals surface area contributed by atoms with Crippen molar-refractivity contribution >= 4 is 16.5 Å². The minimum atomic E-state index is 0.706. The van der Waals surface area contributed by atoms with Crippen molar-refractivity contribution in [3.63, 3.8) is 0 Å². The summed E-state index contributed by atoms with van der Waals surface area (Å²) in [6, 6.07) is 4.11. The molecule has 3 rings (SSSR count). The van der Waals surface area contributed by atoms with Gasteiger partial charge in [0, 0.05) is 43.3 Å². The molecule has 0 aromatic carbocycles. The Morgan fingerprint density at radius 2 is 2.10 bits per heavy atom. The number of rotatable bonds is 6. The van der Waals surface area contributed by atoms with Crippen LogP contribution in [0.25, 0.3) is 0 Å². The van der Waals surface area contributed by atoms with Crippen LogP contribution in [0.5, 0.6) is 0 Å². The van der Waals surface area contributed by atoms with E-state index in [1.165, 1.54) is 29.0 Å². The van der Waals surface area contributed by atoms with Crippen molar-refractivity contribution in [3.05, 3.63) is 40.7 Å². The molecule has 1 fully saturated rings. The van der Waals surface area contributed by atoms with E-state index in [-0.39, 0.29) is 0 Å². The van der Waals surface area contributed by atoms with E-state index in [9.17, 15) is 0 Å². The van der Waals surface area contributed by atoms with Gasteiger partial charge in [0.25, 0.3) is 0 Å². The summed E-state index contributed by atoms with van der Waals surface area (Å²) in [5, 5.41) is 4.37. The Labute approximate surface area is 123 Å². The summed E-state index contributed by atoms with van der Waals surface area (Å²) in [6.07, 6.45) is 6.28. The molecule has 20 heavy (non-hydrogen) atoms. The Morgan fingerprint density at radius 3 is 2.75 bits per heavy atom. The van der Waals surface area contributed by atoms with E-state index in [2.05, 4.69) is 34.4 Å². The average molecular weight is 288 g/mol. The first-order valence-electron chi connectivity index (χ1n) is 7.02. The highest BCUT2D eigenvalue weighted by Gasteiger charge is 2.29. The predicted octanol–water partition coefficient (Wildman–Crippen LogP) is 2.77. The van der Waals surface area contributed by atoms with Crippen molar-refractivity contribution in [3.8, 4) is 0 Å². The van der Waals surface area contributed by atoms with Gasteiger partial charge in [0.2, 0.25) is 0 Å². The molecule has 106 valence electrons. The molecule has 4 nitrogen and oxygen atoms in total. The zero-order valence-corrected chi connectivity index (χ0v) is 12.8. The summed E-state index contributed by atoms with van der Waals surface area (Å²) < 4.78 is 0. The molecule has 0 atom stereocenters. The summed E-state index contributed by atoms with van der Waals surface area (Å²) in [6.45, 7) is 1.80.